The topological polar surface area (TPSA) is 61.2 Å². The predicted molar refractivity (Wildman–Crippen MR) is 105 cm³/mol. The van der Waals surface area contributed by atoms with Gasteiger partial charge in [-0.1, -0.05) is 23.4 Å². The van der Waals surface area contributed by atoms with Crippen molar-refractivity contribution in [2.45, 2.75) is 24.4 Å². The number of ether oxygens (including phenoxy) is 1. The van der Waals surface area contributed by atoms with Crippen molar-refractivity contribution in [1.29, 1.82) is 0 Å². The van der Waals surface area contributed by atoms with Crippen LogP contribution in [0.3, 0.4) is 0 Å². The second-order valence-electron chi connectivity index (χ2n) is 5.91. The number of benzene rings is 1. The Bertz CT molecular complexity index is 1060. The molecule has 0 aliphatic heterocycles. The first kappa shape index (κ1) is 17.6. The van der Waals surface area contributed by atoms with Crippen LogP contribution < -0.4 is 5.56 Å². The highest BCUT2D eigenvalue weighted by atomic mass is 35.5. The Hall–Kier alpha value is -1.83. The Morgan fingerprint density at radius 1 is 1.35 bits per heavy atom. The number of methoxy groups -OCH3 is 1. The molecule has 0 amide bonds. The average Bonchev–Trinajstić information content (AvgIpc) is 3.21. The summed E-state index contributed by atoms with van der Waals surface area (Å²) in [7, 11) is 1.34. The second kappa shape index (κ2) is 7.06. The summed E-state index contributed by atoms with van der Waals surface area (Å²) in [6, 6.07) is 7.04. The first-order chi connectivity index (χ1) is 12.6. The van der Waals surface area contributed by atoms with Crippen molar-refractivity contribution >= 4 is 50.9 Å². The molecule has 0 unspecified atom stereocenters. The zero-order valence-electron chi connectivity index (χ0n) is 14.0. The van der Waals surface area contributed by atoms with Gasteiger partial charge in [0.05, 0.1) is 23.9 Å². The monoisotopic (exact) mass is 406 g/mol. The third kappa shape index (κ3) is 3.04. The van der Waals surface area contributed by atoms with E-state index in [4.69, 9.17) is 21.3 Å². The van der Waals surface area contributed by atoms with Crippen LogP contribution in [0, 0.1) is 0 Å². The molecule has 2 aromatic heterocycles. The fourth-order valence-corrected chi connectivity index (χ4v) is 5.40. The first-order valence-corrected chi connectivity index (χ1v) is 10.3. The van der Waals surface area contributed by atoms with E-state index < -0.39 is 0 Å². The van der Waals surface area contributed by atoms with E-state index in [1.807, 2.05) is 0 Å². The van der Waals surface area contributed by atoms with Crippen molar-refractivity contribution in [1.82, 2.24) is 9.55 Å². The summed E-state index contributed by atoms with van der Waals surface area (Å²) in [5.41, 5.74) is 1.72. The lowest BCUT2D eigenvalue weighted by Crippen LogP contribution is -2.22. The van der Waals surface area contributed by atoms with Crippen molar-refractivity contribution in [2.24, 2.45) is 0 Å². The van der Waals surface area contributed by atoms with Crippen molar-refractivity contribution in [3.63, 3.8) is 0 Å². The number of carbonyl (C=O) groups is 1. The van der Waals surface area contributed by atoms with E-state index >= 15 is 0 Å². The van der Waals surface area contributed by atoms with Gasteiger partial charge in [-0.3, -0.25) is 14.2 Å². The minimum absolute atomic E-state index is 0.0904. The Morgan fingerprint density at radius 2 is 2.12 bits per heavy atom. The Labute approximate surface area is 163 Å². The molecule has 0 atom stereocenters. The molecule has 0 N–H and O–H groups in total. The number of hydrogen-bond acceptors (Lipinski definition) is 6. The van der Waals surface area contributed by atoms with Crippen LogP contribution in [-0.4, -0.2) is 28.4 Å². The molecule has 134 valence electrons. The minimum atomic E-state index is -0.360. The number of esters is 1. The van der Waals surface area contributed by atoms with E-state index in [0.29, 0.717) is 21.3 Å². The molecule has 0 spiro atoms. The lowest BCUT2D eigenvalue weighted by Gasteiger charge is -2.12. The number of rotatable bonds is 4. The van der Waals surface area contributed by atoms with Crippen LogP contribution in [0.15, 0.2) is 34.2 Å². The molecule has 0 radical (unpaired) electrons. The lowest BCUT2D eigenvalue weighted by molar-refractivity contribution is -0.137. The molecule has 1 aliphatic carbocycles. The van der Waals surface area contributed by atoms with Crippen LogP contribution in [0.4, 0.5) is 0 Å². The van der Waals surface area contributed by atoms with Gasteiger partial charge in [-0.2, -0.15) is 0 Å². The summed E-state index contributed by atoms with van der Waals surface area (Å²) < 4.78 is 6.28. The number of fused-ring (bicyclic) bond motifs is 3. The minimum Gasteiger partial charge on any atom is -0.468 e. The molecule has 1 aliphatic rings. The summed E-state index contributed by atoms with van der Waals surface area (Å²) in [4.78, 5) is 31.6. The Balaban J connectivity index is 1.92. The highest BCUT2D eigenvalue weighted by molar-refractivity contribution is 7.99. The largest absolute Gasteiger partial charge is 0.468 e. The zero-order valence-corrected chi connectivity index (χ0v) is 16.3. The SMILES string of the molecule is COC(=O)CSc1nc2sc3c(c2c(=O)n1-c1ccc(Cl)cc1)CCC3. The standard InChI is InChI=1S/C18H15ClN2O3S2/c1-24-14(22)9-25-18-20-16-15(12-3-2-4-13(12)26-16)17(23)21(18)11-7-5-10(19)6-8-11/h5-8H,2-4,9H2,1H3. The zero-order chi connectivity index (χ0) is 18.3. The summed E-state index contributed by atoms with van der Waals surface area (Å²) in [6.45, 7) is 0. The molecule has 5 nitrogen and oxygen atoms in total. The number of thioether (sulfide) groups is 1. The van der Waals surface area contributed by atoms with Crippen LogP contribution in [0.1, 0.15) is 16.9 Å². The number of aromatic nitrogens is 2. The molecule has 2 heterocycles. The smallest absolute Gasteiger partial charge is 0.316 e. The molecule has 1 aromatic carbocycles. The van der Waals surface area contributed by atoms with Gasteiger partial charge in [-0.15, -0.1) is 11.3 Å². The molecule has 0 fully saturated rings. The first-order valence-electron chi connectivity index (χ1n) is 8.11. The quantitative estimate of drug-likeness (QED) is 0.374. The van der Waals surface area contributed by atoms with E-state index in [0.717, 1.165) is 29.7 Å². The van der Waals surface area contributed by atoms with Gasteiger partial charge >= 0.3 is 5.97 Å². The van der Waals surface area contributed by atoms with E-state index in [-0.39, 0.29) is 17.3 Å². The number of nitrogens with zero attached hydrogens (tertiary/aromatic N) is 2. The summed E-state index contributed by atoms with van der Waals surface area (Å²) >= 11 is 8.77. The van der Waals surface area contributed by atoms with E-state index in [9.17, 15) is 9.59 Å². The molecule has 26 heavy (non-hydrogen) atoms. The number of hydrogen-bond donors (Lipinski definition) is 0. The van der Waals surface area contributed by atoms with Crippen LogP contribution in [0.25, 0.3) is 15.9 Å². The molecule has 8 heteroatoms. The van der Waals surface area contributed by atoms with Gasteiger partial charge in [0.1, 0.15) is 4.83 Å². The molecule has 0 bridgehead atoms. The maximum atomic E-state index is 13.3. The summed E-state index contributed by atoms with van der Waals surface area (Å²) in [5, 5.41) is 1.78. The van der Waals surface area contributed by atoms with Gasteiger partial charge in [-0.05, 0) is 49.1 Å². The van der Waals surface area contributed by atoms with E-state index in [1.54, 1.807) is 40.2 Å². The van der Waals surface area contributed by atoms with Crippen molar-refractivity contribution in [3.05, 3.63) is 50.1 Å². The number of aryl methyl sites for hydroxylation is 2. The lowest BCUT2D eigenvalue weighted by atomic mass is 10.2. The third-order valence-corrected chi connectivity index (χ3v) is 6.69. The van der Waals surface area contributed by atoms with Gasteiger partial charge in [-0.25, -0.2) is 4.98 Å². The fraction of sp³-hybridized carbons (Fsp3) is 0.278. The van der Waals surface area contributed by atoms with Crippen LogP contribution in [0.2, 0.25) is 5.02 Å². The number of thiophene rings is 1. The van der Waals surface area contributed by atoms with E-state index in [2.05, 4.69) is 0 Å². The van der Waals surface area contributed by atoms with Crippen molar-refractivity contribution < 1.29 is 9.53 Å². The van der Waals surface area contributed by atoms with Crippen LogP contribution in [-0.2, 0) is 22.4 Å². The second-order valence-corrected chi connectivity index (χ2v) is 8.38. The third-order valence-electron chi connectivity index (χ3n) is 4.34. The maximum absolute atomic E-state index is 13.3. The number of halogens is 1. The average molecular weight is 407 g/mol. The van der Waals surface area contributed by atoms with Gasteiger partial charge < -0.3 is 4.74 Å². The highest BCUT2D eigenvalue weighted by Crippen LogP contribution is 2.36. The van der Waals surface area contributed by atoms with E-state index in [1.165, 1.54) is 23.7 Å². The molecule has 0 saturated heterocycles. The molecular formula is C18H15ClN2O3S2. The van der Waals surface area contributed by atoms with Crippen LogP contribution in [0.5, 0.6) is 0 Å². The Kier molecular flexibility index (Phi) is 4.77. The van der Waals surface area contributed by atoms with Crippen LogP contribution >= 0.6 is 34.7 Å². The van der Waals surface area contributed by atoms with Gasteiger partial charge in [0.25, 0.3) is 5.56 Å². The molecule has 4 rings (SSSR count). The Morgan fingerprint density at radius 3 is 2.85 bits per heavy atom. The normalized spacial score (nSPS) is 13.2. The fourth-order valence-electron chi connectivity index (χ4n) is 3.12. The highest BCUT2D eigenvalue weighted by Gasteiger charge is 2.24. The van der Waals surface area contributed by atoms with Gasteiger partial charge in [0.2, 0.25) is 0 Å². The summed E-state index contributed by atoms with van der Waals surface area (Å²) in [6.07, 6.45) is 3.00. The van der Waals surface area contributed by atoms with Crippen molar-refractivity contribution in [3.8, 4) is 5.69 Å². The summed E-state index contributed by atoms with van der Waals surface area (Å²) in [5.74, 6) is -0.270. The molecular weight excluding hydrogens is 392 g/mol. The number of carbonyl (C=O) groups excluding carboxylic acids is 1. The molecule has 0 saturated carbocycles. The van der Waals surface area contributed by atoms with Gasteiger partial charge in [0, 0.05) is 9.90 Å². The van der Waals surface area contributed by atoms with Gasteiger partial charge in [0.15, 0.2) is 5.16 Å². The maximum Gasteiger partial charge on any atom is 0.316 e. The predicted octanol–water partition coefficient (Wildman–Crippen LogP) is 3.85. The molecule has 3 aromatic rings. The van der Waals surface area contributed by atoms with Crippen molar-refractivity contribution in [2.75, 3.05) is 12.9 Å².